The summed E-state index contributed by atoms with van der Waals surface area (Å²) >= 11 is 0. The normalized spacial score (nSPS) is 13.9. The second kappa shape index (κ2) is 45.0. The molecule has 0 aliphatic carbocycles. The summed E-state index contributed by atoms with van der Waals surface area (Å²) in [6.07, 6.45) is 55.4. The van der Waals surface area contributed by atoms with Crippen molar-refractivity contribution in [1.82, 2.24) is 5.32 Å². The van der Waals surface area contributed by atoms with Crippen LogP contribution in [0.25, 0.3) is 0 Å². The number of esters is 1. The molecule has 0 heterocycles. The average Bonchev–Trinajstić information content (AvgIpc) is 3.22. The average molecular weight is 848 g/mol. The van der Waals surface area contributed by atoms with Crippen molar-refractivity contribution in [3.63, 3.8) is 0 Å². The van der Waals surface area contributed by atoms with Gasteiger partial charge < -0.3 is 20.1 Å². The molecule has 9 nitrogen and oxygen atoms in total. The van der Waals surface area contributed by atoms with Gasteiger partial charge in [0.15, 0.2) is 0 Å². The summed E-state index contributed by atoms with van der Waals surface area (Å²) in [6.45, 7) is 3.39. The number of carbonyl (C=O) groups is 2. The van der Waals surface area contributed by atoms with E-state index in [0.29, 0.717) is 6.42 Å². The van der Waals surface area contributed by atoms with E-state index in [4.69, 9.17) is 13.8 Å². The number of unbranched alkanes of at least 4 members (excludes halogenated alkanes) is 18. The van der Waals surface area contributed by atoms with Crippen molar-refractivity contribution in [3.8, 4) is 0 Å². The van der Waals surface area contributed by atoms with Crippen LogP contribution in [-0.2, 0) is 27.9 Å². The van der Waals surface area contributed by atoms with Gasteiger partial charge in [-0.2, -0.15) is 0 Å². The van der Waals surface area contributed by atoms with E-state index in [9.17, 15) is 24.2 Å². The number of ether oxygens (including phenoxy) is 1. The van der Waals surface area contributed by atoms with Gasteiger partial charge in [0.1, 0.15) is 12.7 Å². The SMILES string of the molecule is CC/C=C\C/C=C\C/C=C\CCCCCCCCCC(=O)NCCOP(=O)(O)OCC(O)COC(=O)CCCCCCCCCC/C=C\C/C=C\C/C=C\CCCCC. The molecule has 0 rings (SSSR count). The minimum absolute atomic E-state index is 0.0717. The van der Waals surface area contributed by atoms with Gasteiger partial charge in [0.2, 0.25) is 5.91 Å². The molecule has 0 saturated heterocycles. The van der Waals surface area contributed by atoms with Crippen LogP contribution in [0.2, 0.25) is 0 Å². The molecule has 0 fully saturated rings. The summed E-state index contributed by atoms with van der Waals surface area (Å²) in [7, 11) is -4.43. The Hall–Kier alpha value is -2.55. The lowest BCUT2D eigenvalue weighted by Crippen LogP contribution is -2.27. The quantitative estimate of drug-likeness (QED) is 0.0239. The highest BCUT2D eigenvalue weighted by Gasteiger charge is 2.23. The van der Waals surface area contributed by atoms with E-state index >= 15 is 0 Å². The molecule has 0 saturated carbocycles. The molecule has 2 unspecified atom stereocenters. The monoisotopic (exact) mass is 848 g/mol. The summed E-state index contributed by atoms with van der Waals surface area (Å²) in [6, 6.07) is 0. The molecule has 2 atom stereocenters. The van der Waals surface area contributed by atoms with Crippen molar-refractivity contribution in [2.75, 3.05) is 26.4 Å². The first-order valence-corrected chi connectivity index (χ1v) is 24.9. The fraction of sp³-hybridized carbons (Fsp3) is 0.714. The first kappa shape index (κ1) is 56.5. The second-order valence-electron chi connectivity index (χ2n) is 15.3. The molecular formula is C49H86NO8P. The fourth-order valence-corrected chi connectivity index (χ4v) is 6.86. The maximum atomic E-state index is 12.1. The van der Waals surface area contributed by atoms with Crippen LogP contribution < -0.4 is 5.32 Å². The maximum absolute atomic E-state index is 12.1. The Kier molecular flexibility index (Phi) is 43.0. The van der Waals surface area contributed by atoms with Gasteiger partial charge in [0.05, 0.1) is 13.2 Å². The van der Waals surface area contributed by atoms with Gasteiger partial charge in [-0.05, 0) is 83.5 Å². The van der Waals surface area contributed by atoms with E-state index in [2.05, 4.69) is 92.1 Å². The van der Waals surface area contributed by atoms with Gasteiger partial charge in [0, 0.05) is 19.4 Å². The van der Waals surface area contributed by atoms with Crippen molar-refractivity contribution in [3.05, 3.63) is 72.9 Å². The zero-order valence-corrected chi connectivity index (χ0v) is 38.3. The number of aliphatic hydroxyl groups is 1. The highest BCUT2D eigenvalue weighted by atomic mass is 31.2. The Labute approximate surface area is 360 Å². The van der Waals surface area contributed by atoms with E-state index in [1.165, 1.54) is 77.0 Å². The predicted molar refractivity (Wildman–Crippen MR) is 247 cm³/mol. The molecule has 59 heavy (non-hydrogen) atoms. The lowest BCUT2D eigenvalue weighted by atomic mass is 10.1. The number of hydrogen-bond donors (Lipinski definition) is 3. The van der Waals surface area contributed by atoms with Crippen LogP contribution in [0.15, 0.2) is 72.9 Å². The zero-order chi connectivity index (χ0) is 43.2. The minimum atomic E-state index is -4.43. The Morgan fingerprint density at radius 1 is 0.542 bits per heavy atom. The van der Waals surface area contributed by atoms with Gasteiger partial charge >= 0.3 is 13.8 Å². The number of hydrogen-bond acceptors (Lipinski definition) is 7. The Balaban J connectivity index is 3.62. The highest BCUT2D eigenvalue weighted by molar-refractivity contribution is 7.47. The summed E-state index contributed by atoms with van der Waals surface area (Å²) in [5.74, 6) is -0.537. The predicted octanol–water partition coefficient (Wildman–Crippen LogP) is 13.4. The molecule has 0 aliphatic heterocycles. The first-order chi connectivity index (χ1) is 28.8. The third kappa shape index (κ3) is 46.4. The third-order valence-corrected chi connectivity index (χ3v) is 10.6. The van der Waals surface area contributed by atoms with Crippen LogP contribution in [0.5, 0.6) is 0 Å². The lowest BCUT2D eigenvalue weighted by Gasteiger charge is -2.15. The van der Waals surface area contributed by atoms with Crippen LogP contribution in [0.3, 0.4) is 0 Å². The van der Waals surface area contributed by atoms with Crippen LogP contribution >= 0.6 is 7.82 Å². The molecule has 0 aromatic heterocycles. The number of amides is 1. The number of aliphatic hydroxyl groups excluding tert-OH is 1. The van der Waals surface area contributed by atoms with Crippen molar-refractivity contribution in [1.29, 1.82) is 0 Å². The summed E-state index contributed by atoms with van der Waals surface area (Å²) < 4.78 is 26.9. The van der Waals surface area contributed by atoms with Crippen molar-refractivity contribution in [2.24, 2.45) is 0 Å². The fourth-order valence-electron chi connectivity index (χ4n) is 6.11. The molecule has 340 valence electrons. The van der Waals surface area contributed by atoms with Crippen LogP contribution in [0.4, 0.5) is 0 Å². The van der Waals surface area contributed by atoms with E-state index in [1.54, 1.807) is 0 Å². The highest BCUT2D eigenvalue weighted by Crippen LogP contribution is 2.42. The van der Waals surface area contributed by atoms with Crippen molar-refractivity contribution < 1.29 is 37.9 Å². The van der Waals surface area contributed by atoms with Gasteiger partial charge in [-0.15, -0.1) is 0 Å². The lowest BCUT2D eigenvalue weighted by molar-refractivity contribution is -0.147. The van der Waals surface area contributed by atoms with Crippen molar-refractivity contribution in [2.45, 2.75) is 200 Å². The number of phosphoric ester groups is 1. The summed E-state index contributed by atoms with van der Waals surface area (Å²) in [5, 5.41) is 12.7. The van der Waals surface area contributed by atoms with Crippen LogP contribution in [0, 0.1) is 0 Å². The Morgan fingerprint density at radius 3 is 1.46 bits per heavy atom. The molecule has 1 amide bonds. The Bertz CT molecular complexity index is 1190. The molecule has 0 aromatic carbocycles. The molecule has 3 N–H and O–H groups in total. The standard InChI is InChI=1S/C49H86NO8P/c1-3-5-7-9-11-13-15-17-19-21-22-23-24-26-28-30-32-34-36-38-40-42-49(53)56-45-47(51)46-58-59(54,55)57-44-43-50-48(52)41-39-37-35-33-31-29-27-25-20-18-16-14-12-10-8-6-4-2/h6,8,11-14,17-20,22-23,47,51H,3-5,7,9-10,15-16,21,24-46H2,1-2H3,(H,50,52)(H,54,55)/b8-6-,13-11-,14-12-,19-17-,20-18-,23-22-. The van der Waals surface area contributed by atoms with E-state index in [1.807, 2.05) is 0 Å². The largest absolute Gasteiger partial charge is 0.472 e. The minimum Gasteiger partial charge on any atom is -0.463 e. The van der Waals surface area contributed by atoms with Gasteiger partial charge in [0.25, 0.3) is 0 Å². The zero-order valence-electron chi connectivity index (χ0n) is 37.4. The van der Waals surface area contributed by atoms with Gasteiger partial charge in [-0.1, -0.05) is 170 Å². The molecule has 0 radical (unpaired) electrons. The number of carbonyl (C=O) groups excluding carboxylic acids is 2. The van der Waals surface area contributed by atoms with Crippen LogP contribution in [-0.4, -0.2) is 54.3 Å². The smallest absolute Gasteiger partial charge is 0.463 e. The molecular weight excluding hydrogens is 762 g/mol. The topological polar surface area (TPSA) is 131 Å². The van der Waals surface area contributed by atoms with E-state index < -0.39 is 26.5 Å². The van der Waals surface area contributed by atoms with E-state index in [0.717, 1.165) is 89.9 Å². The Morgan fingerprint density at radius 2 is 0.966 bits per heavy atom. The van der Waals surface area contributed by atoms with Gasteiger partial charge in [-0.25, -0.2) is 4.57 Å². The summed E-state index contributed by atoms with van der Waals surface area (Å²) in [5.41, 5.74) is 0. The molecule has 0 aliphatic rings. The second-order valence-corrected chi connectivity index (χ2v) is 16.8. The molecule has 0 spiro atoms. The first-order valence-electron chi connectivity index (χ1n) is 23.4. The molecule has 10 heteroatoms. The number of allylic oxidation sites excluding steroid dienone is 12. The maximum Gasteiger partial charge on any atom is 0.472 e. The number of nitrogens with one attached hydrogen (secondary N) is 1. The molecule has 0 aromatic rings. The number of phosphoric acid groups is 1. The van der Waals surface area contributed by atoms with Gasteiger partial charge in [-0.3, -0.25) is 18.6 Å². The van der Waals surface area contributed by atoms with E-state index in [-0.39, 0.29) is 32.1 Å². The van der Waals surface area contributed by atoms with Crippen LogP contribution in [0.1, 0.15) is 194 Å². The van der Waals surface area contributed by atoms with Crippen molar-refractivity contribution >= 4 is 19.7 Å². The number of rotatable bonds is 43. The molecule has 0 bridgehead atoms. The summed E-state index contributed by atoms with van der Waals surface area (Å²) in [4.78, 5) is 34.0. The third-order valence-electron chi connectivity index (χ3n) is 9.62.